The van der Waals surface area contributed by atoms with Crippen LogP contribution < -0.4 is 25.4 Å². The number of aromatic nitrogens is 1. The van der Waals surface area contributed by atoms with E-state index in [9.17, 15) is 22.8 Å². The average molecular weight is 594 g/mol. The fraction of sp³-hybridized carbons (Fsp3) is 0.321. The molecule has 220 valence electrons. The van der Waals surface area contributed by atoms with Crippen LogP contribution in [0.5, 0.6) is 17.2 Å². The zero-order chi connectivity index (χ0) is 30.0. The van der Waals surface area contributed by atoms with Gasteiger partial charge in [-0.15, -0.1) is 0 Å². The van der Waals surface area contributed by atoms with Gasteiger partial charge in [-0.3, -0.25) is 9.78 Å². The van der Waals surface area contributed by atoms with Gasteiger partial charge in [-0.25, -0.2) is 4.79 Å². The second-order valence-corrected chi connectivity index (χ2v) is 9.12. The Labute approximate surface area is 241 Å². The fourth-order valence-electron chi connectivity index (χ4n) is 3.70. The number of urea groups is 1. The maximum atomic E-state index is 13.5. The van der Waals surface area contributed by atoms with E-state index in [1.165, 1.54) is 19.3 Å². The summed E-state index contributed by atoms with van der Waals surface area (Å²) in [5.41, 5.74) is -0.331. The quantitative estimate of drug-likeness (QED) is 0.240. The number of ether oxygens (including phenoxy) is 2. The minimum Gasteiger partial charge on any atom is -0.490 e. The van der Waals surface area contributed by atoms with Gasteiger partial charge >= 0.3 is 12.2 Å². The number of rotatable bonds is 12. The standard InChI is InChI=1S/C28H31ClF3N5O4/c1-4-37(5-2)12-13-40-25-16-22(29)21(28(30,31)32)15-23(25)36-27(39)35-17-18-6-8-19(9-7-18)41-20-10-11-34-24(14-20)26(38)33-3/h6-11,14-16H,4-5,12-13,17H2,1-3H3,(H,33,38)(H2,35,36,39). The number of amides is 3. The first-order valence-corrected chi connectivity index (χ1v) is 13.2. The molecule has 0 bridgehead atoms. The molecule has 2 aromatic carbocycles. The third-order valence-electron chi connectivity index (χ3n) is 5.99. The van der Waals surface area contributed by atoms with Crippen LogP contribution in [0.25, 0.3) is 0 Å². The molecule has 3 aromatic rings. The maximum absolute atomic E-state index is 13.5. The van der Waals surface area contributed by atoms with Gasteiger partial charge in [0.1, 0.15) is 29.5 Å². The van der Waals surface area contributed by atoms with Crippen LogP contribution in [-0.2, 0) is 12.7 Å². The Morgan fingerprint density at radius 3 is 2.37 bits per heavy atom. The molecule has 0 saturated carbocycles. The molecule has 0 radical (unpaired) electrons. The van der Waals surface area contributed by atoms with Crippen molar-refractivity contribution in [2.45, 2.75) is 26.6 Å². The van der Waals surface area contributed by atoms with E-state index in [2.05, 4.69) is 25.8 Å². The van der Waals surface area contributed by atoms with Gasteiger partial charge in [-0.1, -0.05) is 37.6 Å². The van der Waals surface area contributed by atoms with Crippen LogP contribution in [0.1, 0.15) is 35.5 Å². The van der Waals surface area contributed by atoms with E-state index in [4.69, 9.17) is 21.1 Å². The van der Waals surface area contributed by atoms with Crippen molar-refractivity contribution >= 4 is 29.2 Å². The van der Waals surface area contributed by atoms with Crippen molar-refractivity contribution in [3.63, 3.8) is 0 Å². The lowest BCUT2D eigenvalue weighted by Crippen LogP contribution is -2.29. The van der Waals surface area contributed by atoms with Gasteiger partial charge in [0.05, 0.1) is 16.3 Å². The van der Waals surface area contributed by atoms with Crippen molar-refractivity contribution in [1.82, 2.24) is 20.5 Å². The van der Waals surface area contributed by atoms with Gasteiger partial charge in [0.15, 0.2) is 0 Å². The number of likely N-dealkylation sites (N-methyl/N-ethyl adjacent to an activating group) is 1. The Hall–Kier alpha value is -4.03. The van der Waals surface area contributed by atoms with Crippen LogP contribution in [0.3, 0.4) is 0 Å². The van der Waals surface area contributed by atoms with Gasteiger partial charge < -0.3 is 30.3 Å². The number of alkyl halides is 3. The molecule has 0 unspecified atom stereocenters. The van der Waals surface area contributed by atoms with Crippen molar-refractivity contribution in [3.05, 3.63) is 76.6 Å². The molecular formula is C28H31ClF3N5O4. The molecule has 3 rings (SSSR count). The molecule has 0 aliphatic rings. The first-order chi connectivity index (χ1) is 19.5. The predicted molar refractivity (Wildman–Crippen MR) is 150 cm³/mol. The summed E-state index contributed by atoms with van der Waals surface area (Å²) in [6, 6.07) is 11.0. The second kappa shape index (κ2) is 14.6. The minimum atomic E-state index is -4.71. The van der Waals surface area contributed by atoms with Crippen LogP contribution in [0.4, 0.5) is 23.7 Å². The third-order valence-corrected chi connectivity index (χ3v) is 6.30. The highest BCUT2D eigenvalue weighted by Gasteiger charge is 2.34. The Kier molecular flexibility index (Phi) is 11.2. The normalized spacial score (nSPS) is 11.2. The summed E-state index contributed by atoms with van der Waals surface area (Å²) < 4.78 is 51.9. The summed E-state index contributed by atoms with van der Waals surface area (Å²) in [5, 5.41) is 7.01. The molecule has 0 atom stereocenters. The molecule has 41 heavy (non-hydrogen) atoms. The first-order valence-electron chi connectivity index (χ1n) is 12.8. The third kappa shape index (κ3) is 9.25. The van der Waals surface area contributed by atoms with Crippen molar-refractivity contribution in [2.75, 3.05) is 38.6 Å². The zero-order valence-electron chi connectivity index (χ0n) is 22.8. The van der Waals surface area contributed by atoms with E-state index >= 15 is 0 Å². The van der Waals surface area contributed by atoms with Crippen LogP contribution in [-0.4, -0.2) is 55.1 Å². The van der Waals surface area contributed by atoms with Gasteiger partial charge in [-0.2, -0.15) is 13.2 Å². The van der Waals surface area contributed by atoms with Crippen LogP contribution in [0.15, 0.2) is 54.7 Å². The number of pyridine rings is 1. The summed E-state index contributed by atoms with van der Waals surface area (Å²) in [7, 11) is 1.50. The van der Waals surface area contributed by atoms with Crippen LogP contribution >= 0.6 is 11.6 Å². The van der Waals surface area contributed by atoms with E-state index in [0.29, 0.717) is 23.6 Å². The molecule has 0 spiro atoms. The molecule has 0 aliphatic carbocycles. The SMILES string of the molecule is CCN(CC)CCOc1cc(Cl)c(C(F)(F)F)cc1NC(=O)NCc1ccc(Oc2ccnc(C(=O)NC)c2)cc1. The number of anilines is 1. The zero-order valence-corrected chi connectivity index (χ0v) is 23.5. The van der Waals surface area contributed by atoms with Crippen molar-refractivity contribution in [2.24, 2.45) is 0 Å². The first kappa shape index (κ1) is 31.5. The Morgan fingerprint density at radius 2 is 1.73 bits per heavy atom. The molecule has 13 heteroatoms. The number of hydrogen-bond acceptors (Lipinski definition) is 6. The van der Waals surface area contributed by atoms with Crippen molar-refractivity contribution < 1.29 is 32.2 Å². The fourth-order valence-corrected chi connectivity index (χ4v) is 3.96. The molecule has 9 nitrogen and oxygen atoms in total. The van der Waals surface area contributed by atoms with Crippen LogP contribution in [0, 0.1) is 0 Å². The highest BCUT2D eigenvalue weighted by atomic mass is 35.5. The molecule has 0 aliphatic heterocycles. The Morgan fingerprint density at radius 1 is 1.02 bits per heavy atom. The molecule has 1 heterocycles. The van der Waals surface area contributed by atoms with Gasteiger partial charge in [0, 0.05) is 38.5 Å². The minimum absolute atomic E-state index is 0.0301. The largest absolute Gasteiger partial charge is 0.490 e. The van der Waals surface area contributed by atoms with E-state index in [0.717, 1.165) is 25.2 Å². The molecular weight excluding hydrogens is 563 g/mol. The number of hydrogen-bond donors (Lipinski definition) is 3. The summed E-state index contributed by atoms with van der Waals surface area (Å²) in [5.74, 6) is 0.587. The maximum Gasteiger partial charge on any atom is 0.417 e. The average Bonchev–Trinajstić information content (AvgIpc) is 2.95. The van der Waals surface area contributed by atoms with Crippen molar-refractivity contribution in [1.29, 1.82) is 0 Å². The molecule has 3 N–H and O–H groups in total. The number of nitrogens with zero attached hydrogens (tertiary/aromatic N) is 2. The van der Waals surface area contributed by atoms with E-state index in [1.54, 1.807) is 30.3 Å². The summed E-state index contributed by atoms with van der Waals surface area (Å²) in [6.45, 7) is 6.38. The smallest absolute Gasteiger partial charge is 0.417 e. The van der Waals surface area contributed by atoms with Crippen LogP contribution in [0.2, 0.25) is 5.02 Å². The number of nitrogens with one attached hydrogen (secondary N) is 3. The highest BCUT2D eigenvalue weighted by molar-refractivity contribution is 6.31. The lowest BCUT2D eigenvalue weighted by atomic mass is 10.1. The van der Waals surface area contributed by atoms with E-state index < -0.39 is 22.8 Å². The summed E-state index contributed by atoms with van der Waals surface area (Å²) in [6.07, 6.45) is -3.26. The van der Waals surface area contributed by atoms with Crippen molar-refractivity contribution in [3.8, 4) is 17.2 Å². The number of carbonyl (C=O) groups is 2. The number of carbonyl (C=O) groups excluding carboxylic acids is 2. The second-order valence-electron chi connectivity index (χ2n) is 8.71. The summed E-state index contributed by atoms with van der Waals surface area (Å²) >= 11 is 5.88. The Balaban J connectivity index is 1.64. The lowest BCUT2D eigenvalue weighted by molar-refractivity contribution is -0.137. The van der Waals surface area contributed by atoms with Gasteiger partial charge in [0.25, 0.3) is 5.91 Å². The Bertz CT molecular complexity index is 1340. The number of halogens is 4. The lowest BCUT2D eigenvalue weighted by Gasteiger charge is -2.20. The number of benzene rings is 2. The van der Waals surface area contributed by atoms with Gasteiger partial charge in [-0.05, 0) is 42.9 Å². The molecule has 1 aromatic heterocycles. The molecule has 0 fully saturated rings. The van der Waals surface area contributed by atoms with Gasteiger partial charge in [0.2, 0.25) is 0 Å². The predicted octanol–water partition coefficient (Wildman–Crippen LogP) is 5.95. The topological polar surface area (TPSA) is 105 Å². The van der Waals surface area contributed by atoms with E-state index in [1.807, 2.05) is 13.8 Å². The van der Waals surface area contributed by atoms with E-state index in [-0.39, 0.29) is 36.2 Å². The molecule has 0 saturated heterocycles. The monoisotopic (exact) mass is 593 g/mol. The highest BCUT2D eigenvalue weighted by Crippen LogP contribution is 2.40. The molecule has 3 amide bonds. The summed E-state index contributed by atoms with van der Waals surface area (Å²) in [4.78, 5) is 30.4.